The Balaban J connectivity index is 1.35. The molecule has 0 spiro atoms. The molecule has 1 amide bonds. The Morgan fingerprint density at radius 1 is 0.867 bits per heavy atom. The van der Waals surface area contributed by atoms with Gasteiger partial charge in [0.05, 0.1) is 18.4 Å². The summed E-state index contributed by atoms with van der Waals surface area (Å²) >= 11 is 0. The molecular weight excluding hydrogens is 376 g/mol. The van der Waals surface area contributed by atoms with Crippen LogP contribution >= 0.6 is 0 Å². The third kappa shape index (κ3) is 4.82. The Morgan fingerprint density at radius 3 is 2.53 bits per heavy atom. The van der Waals surface area contributed by atoms with Crippen LogP contribution in [0.2, 0.25) is 0 Å². The summed E-state index contributed by atoms with van der Waals surface area (Å²) in [6, 6.07) is 15.5. The lowest BCUT2D eigenvalue weighted by molar-refractivity contribution is -0.114. The molecule has 0 unspecified atom stereocenters. The number of benzene rings is 1. The summed E-state index contributed by atoms with van der Waals surface area (Å²) in [5, 5.41) is 5.94. The first-order chi connectivity index (χ1) is 14.7. The van der Waals surface area contributed by atoms with Crippen LogP contribution in [0.5, 0.6) is 0 Å². The summed E-state index contributed by atoms with van der Waals surface area (Å²) in [6.07, 6.45) is 8.36. The molecule has 148 valence electrons. The average Bonchev–Trinajstić information content (AvgIpc) is 2.79. The molecule has 4 aromatic rings. The monoisotopic (exact) mass is 396 g/mol. The molecule has 0 fully saturated rings. The largest absolute Gasteiger partial charge is 0.376 e. The fourth-order valence-electron chi connectivity index (χ4n) is 2.97. The lowest BCUT2D eigenvalue weighted by atomic mass is 10.1. The lowest BCUT2D eigenvalue weighted by Gasteiger charge is -2.10. The van der Waals surface area contributed by atoms with E-state index >= 15 is 0 Å². The fraction of sp³-hybridized carbons (Fsp3) is 0.0870. The van der Waals surface area contributed by atoms with Crippen LogP contribution in [-0.2, 0) is 4.79 Å². The Kier molecular flexibility index (Phi) is 5.70. The number of carbonyl (C=O) groups is 1. The van der Waals surface area contributed by atoms with E-state index in [-0.39, 0.29) is 12.5 Å². The van der Waals surface area contributed by atoms with E-state index < -0.39 is 0 Å². The smallest absolute Gasteiger partial charge is 0.244 e. The van der Waals surface area contributed by atoms with E-state index in [2.05, 4.69) is 30.6 Å². The maximum Gasteiger partial charge on any atom is 0.244 e. The van der Waals surface area contributed by atoms with Crippen molar-refractivity contribution in [3.05, 3.63) is 85.2 Å². The Bertz CT molecular complexity index is 1150. The number of aromatic nitrogens is 4. The van der Waals surface area contributed by atoms with E-state index in [1.807, 2.05) is 49.4 Å². The number of anilines is 2. The number of aryl methyl sites for hydroxylation is 1. The van der Waals surface area contributed by atoms with Gasteiger partial charge >= 0.3 is 0 Å². The Morgan fingerprint density at radius 2 is 1.77 bits per heavy atom. The summed E-state index contributed by atoms with van der Waals surface area (Å²) in [5.74, 6) is 0.301. The molecule has 0 saturated heterocycles. The highest BCUT2D eigenvalue weighted by atomic mass is 16.1. The van der Waals surface area contributed by atoms with E-state index in [1.54, 1.807) is 37.1 Å². The quantitative estimate of drug-likeness (QED) is 0.512. The number of nitrogens with one attached hydrogen (secondary N) is 2. The fourth-order valence-corrected chi connectivity index (χ4v) is 2.97. The normalized spacial score (nSPS) is 10.4. The van der Waals surface area contributed by atoms with E-state index in [1.165, 1.54) is 0 Å². The molecule has 30 heavy (non-hydrogen) atoms. The third-order valence-electron chi connectivity index (χ3n) is 4.44. The highest BCUT2D eigenvalue weighted by Crippen LogP contribution is 2.22. The molecule has 3 aromatic heterocycles. The Labute approximate surface area is 174 Å². The van der Waals surface area contributed by atoms with Crippen LogP contribution in [0.1, 0.15) is 5.69 Å². The molecule has 0 aliphatic heterocycles. The SMILES string of the molecule is Cc1cc(-c2cccc(NCC(=O)Nc3ccc(-c4cnccn4)cn3)c2)ccn1. The number of pyridine rings is 2. The van der Waals surface area contributed by atoms with E-state index in [9.17, 15) is 4.79 Å². The van der Waals surface area contributed by atoms with Crippen molar-refractivity contribution in [3.8, 4) is 22.4 Å². The summed E-state index contributed by atoms with van der Waals surface area (Å²) in [4.78, 5) is 29.1. The number of amides is 1. The molecule has 0 bridgehead atoms. The first kappa shape index (κ1) is 19.2. The van der Waals surface area contributed by atoms with Crippen molar-refractivity contribution >= 4 is 17.4 Å². The molecule has 2 N–H and O–H groups in total. The highest BCUT2D eigenvalue weighted by Gasteiger charge is 2.06. The minimum atomic E-state index is -0.181. The average molecular weight is 396 g/mol. The molecule has 0 saturated carbocycles. The van der Waals surface area contributed by atoms with Crippen molar-refractivity contribution in [1.29, 1.82) is 0 Å². The molecule has 3 heterocycles. The van der Waals surface area contributed by atoms with Gasteiger partial charge in [0.1, 0.15) is 5.82 Å². The second-order valence-corrected chi connectivity index (χ2v) is 6.69. The molecule has 0 atom stereocenters. The molecule has 0 aliphatic carbocycles. The van der Waals surface area contributed by atoms with Crippen molar-refractivity contribution in [2.75, 3.05) is 17.2 Å². The van der Waals surface area contributed by atoms with E-state index in [4.69, 9.17) is 0 Å². The van der Waals surface area contributed by atoms with Crippen LogP contribution < -0.4 is 10.6 Å². The lowest BCUT2D eigenvalue weighted by Crippen LogP contribution is -2.22. The first-order valence-corrected chi connectivity index (χ1v) is 9.47. The number of carbonyl (C=O) groups excluding carboxylic acids is 1. The van der Waals surface area contributed by atoms with Gasteiger partial charge < -0.3 is 10.6 Å². The number of hydrogen-bond donors (Lipinski definition) is 2. The van der Waals surface area contributed by atoms with Crippen LogP contribution in [0.3, 0.4) is 0 Å². The zero-order valence-electron chi connectivity index (χ0n) is 16.4. The maximum atomic E-state index is 12.3. The van der Waals surface area contributed by atoms with Crippen molar-refractivity contribution in [1.82, 2.24) is 19.9 Å². The zero-order chi connectivity index (χ0) is 20.8. The maximum absolute atomic E-state index is 12.3. The Hall–Kier alpha value is -4.13. The molecule has 0 aliphatic rings. The topological polar surface area (TPSA) is 92.7 Å². The zero-order valence-corrected chi connectivity index (χ0v) is 16.4. The summed E-state index contributed by atoms with van der Waals surface area (Å²) in [5.41, 5.74) is 5.54. The van der Waals surface area contributed by atoms with Crippen molar-refractivity contribution in [2.45, 2.75) is 6.92 Å². The van der Waals surface area contributed by atoms with Crippen molar-refractivity contribution in [2.24, 2.45) is 0 Å². The second-order valence-electron chi connectivity index (χ2n) is 6.69. The standard InChI is InChI=1S/C23H20N6O/c1-16-11-18(7-8-25-16)17-3-2-4-20(12-17)27-15-23(30)29-22-6-5-19(13-28-22)21-14-24-9-10-26-21/h2-14,27H,15H2,1H3,(H,28,29,30). The van der Waals surface area contributed by atoms with E-state index in [0.717, 1.165) is 33.8 Å². The van der Waals surface area contributed by atoms with Crippen LogP contribution in [0.4, 0.5) is 11.5 Å². The summed E-state index contributed by atoms with van der Waals surface area (Å²) < 4.78 is 0. The van der Waals surface area contributed by atoms with Gasteiger partial charge in [0.2, 0.25) is 5.91 Å². The van der Waals surface area contributed by atoms with E-state index in [0.29, 0.717) is 5.82 Å². The van der Waals surface area contributed by atoms with Crippen molar-refractivity contribution < 1.29 is 4.79 Å². The van der Waals surface area contributed by atoms with Gasteiger partial charge in [-0.05, 0) is 54.4 Å². The summed E-state index contributed by atoms with van der Waals surface area (Å²) in [7, 11) is 0. The summed E-state index contributed by atoms with van der Waals surface area (Å²) in [6.45, 7) is 2.09. The number of nitrogens with zero attached hydrogens (tertiary/aromatic N) is 4. The second kappa shape index (κ2) is 8.91. The highest BCUT2D eigenvalue weighted by molar-refractivity contribution is 5.93. The minimum absolute atomic E-state index is 0.131. The van der Waals surface area contributed by atoms with Gasteiger partial charge in [-0.2, -0.15) is 0 Å². The predicted molar refractivity (Wildman–Crippen MR) is 117 cm³/mol. The molecule has 4 rings (SSSR count). The van der Waals surface area contributed by atoms with Gasteiger partial charge in [0.25, 0.3) is 0 Å². The molecule has 0 radical (unpaired) electrons. The number of hydrogen-bond acceptors (Lipinski definition) is 6. The molecule has 1 aromatic carbocycles. The van der Waals surface area contributed by atoms with Crippen LogP contribution in [0.15, 0.2) is 79.5 Å². The molecule has 7 nitrogen and oxygen atoms in total. The number of rotatable bonds is 6. The van der Waals surface area contributed by atoms with Crippen LogP contribution in [0.25, 0.3) is 22.4 Å². The van der Waals surface area contributed by atoms with Gasteiger partial charge in [-0.3, -0.25) is 19.7 Å². The van der Waals surface area contributed by atoms with Crippen molar-refractivity contribution in [3.63, 3.8) is 0 Å². The minimum Gasteiger partial charge on any atom is -0.376 e. The van der Waals surface area contributed by atoms with Gasteiger partial charge in [0, 0.05) is 41.7 Å². The third-order valence-corrected chi connectivity index (χ3v) is 4.44. The van der Waals surface area contributed by atoms with Gasteiger partial charge in [-0.15, -0.1) is 0 Å². The predicted octanol–water partition coefficient (Wildman–Crippen LogP) is 3.96. The van der Waals surface area contributed by atoms with Gasteiger partial charge in [-0.1, -0.05) is 12.1 Å². The first-order valence-electron chi connectivity index (χ1n) is 9.47. The molecule has 7 heteroatoms. The molecular formula is C23H20N6O. The van der Waals surface area contributed by atoms with Gasteiger partial charge in [0.15, 0.2) is 0 Å². The van der Waals surface area contributed by atoms with Gasteiger partial charge in [-0.25, -0.2) is 4.98 Å². The van der Waals surface area contributed by atoms with Crippen LogP contribution in [0, 0.1) is 6.92 Å². The van der Waals surface area contributed by atoms with Crippen LogP contribution in [-0.4, -0.2) is 32.4 Å².